The van der Waals surface area contributed by atoms with Crippen LogP contribution in [0, 0.1) is 6.92 Å². The predicted octanol–water partition coefficient (Wildman–Crippen LogP) is 2.96. The van der Waals surface area contributed by atoms with Crippen LogP contribution in [0.25, 0.3) is 16.6 Å². The van der Waals surface area contributed by atoms with Gasteiger partial charge in [-0.3, -0.25) is 14.7 Å². The van der Waals surface area contributed by atoms with Crippen molar-refractivity contribution in [2.24, 2.45) is 0 Å². The van der Waals surface area contributed by atoms with Gasteiger partial charge in [0.2, 0.25) is 0 Å². The van der Waals surface area contributed by atoms with Crippen LogP contribution < -0.4 is 5.56 Å². The molecular formula is C21H20ClN5O2. The highest BCUT2D eigenvalue weighted by atomic mass is 35.5. The lowest BCUT2D eigenvalue weighted by molar-refractivity contribution is 0.0765. The summed E-state index contributed by atoms with van der Waals surface area (Å²) in [5, 5.41) is 8.28. The molecule has 1 N–H and O–H groups in total. The summed E-state index contributed by atoms with van der Waals surface area (Å²) in [5.74, 6) is 0.604. The number of hydrogen-bond acceptors (Lipinski definition) is 4. The minimum absolute atomic E-state index is 0.0221. The Balaban J connectivity index is 1.47. The zero-order valence-corrected chi connectivity index (χ0v) is 16.8. The molecule has 7 nitrogen and oxygen atoms in total. The van der Waals surface area contributed by atoms with Gasteiger partial charge in [-0.05, 0) is 50.5 Å². The van der Waals surface area contributed by atoms with Gasteiger partial charge >= 0.3 is 0 Å². The van der Waals surface area contributed by atoms with Crippen LogP contribution >= 0.6 is 11.6 Å². The fourth-order valence-electron chi connectivity index (χ4n) is 4.36. The van der Waals surface area contributed by atoms with E-state index in [4.69, 9.17) is 11.6 Å². The van der Waals surface area contributed by atoms with Gasteiger partial charge in [0.05, 0.1) is 10.9 Å². The van der Waals surface area contributed by atoms with Gasteiger partial charge in [0, 0.05) is 41.5 Å². The highest BCUT2D eigenvalue weighted by Gasteiger charge is 2.28. The molecule has 148 valence electrons. The molecule has 0 spiro atoms. The lowest BCUT2D eigenvalue weighted by Gasteiger charge is -2.28. The van der Waals surface area contributed by atoms with Crippen molar-refractivity contribution in [1.82, 2.24) is 24.6 Å². The number of amides is 1. The van der Waals surface area contributed by atoms with E-state index < -0.39 is 0 Å². The van der Waals surface area contributed by atoms with Crippen molar-refractivity contribution >= 4 is 34.1 Å². The van der Waals surface area contributed by atoms with Crippen LogP contribution in [-0.2, 0) is 12.8 Å². The van der Waals surface area contributed by atoms with Gasteiger partial charge in [-0.2, -0.15) is 10.1 Å². The van der Waals surface area contributed by atoms with Crippen molar-refractivity contribution in [1.29, 1.82) is 0 Å². The molecule has 0 fully saturated rings. The number of H-pyrrole nitrogens is 1. The predicted molar refractivity (Wildman–Crippen MR) is 111 cm³/mol. The average molecular weight is 410 g/mol. The zero-order valence-electron chi connectivity index (χ0n) is 16.0. The van der Waals surface area contributed by atoms with E-state index in [0.717, 1.165) is 41.7 Å². The second kappa shape index (κ2) is 6.84. The molecule has 0 saturated carbocycles. The Hall–Kier alpha value is -2.93. The zero-order chi connectivity index (χ0) is 20.1. The van der Waals surface area contributed by atoms with E-state index in [0.29, 0.717) is 41.4 Å². The number of halogens is 1. The second-order valence-electron chi connectivity index (χ2n) is 7.54. The van der Waals surface area contributed by atoms with Crippen LogP contribution in [0.4, 0.5) is 0 Å². The molecule has 29 heavy (non-hydrogen) atoms. The first-order valence-corrected chi connectivity index (χ1v) is 10.1. The third-order valence-electron chi connectivity index (χ3n) is 5.79. The van der Waals surface area contributed by atoms with Crippen molar-refractivity contribution in [3.05, 3.63) is 62.4 Å². The van der Waals surface area contributed by atoms with Crippen LogP contribution in [0.1, 0.15) is 40.4 Å². The van der Waals surface area contributed by atoms with Gasteiger partial charge in [-0.15, -0.1) is 0 Å². The van der Waals surface area contributed by atoms with E-state index in [1.807, 2.05) is 28.5 Å². The maximum absolute atomic E-state index is 13.0. The number of fused-ring (bicyclic) bond motifs is 2. The second-order valence-corrected chi connectivity index (χ2v) is 7.98. The van der Waals surface area contributed by atoms with Crippen LogP contribution in [-0.4, -0.2) is 43.6 Å². The van der Waals surface area contributed by atoms with Crippen LogP contribution in [0.15, 0.2) is 29.1 Å². The highest BCUT2D eigenvalue weighted by Crippen LogP contribution is 2.27. The summed E-state index contributed by atoms with van der Waals surface area (Å²) in [6, 6.07) is 5.27. The van der Waals surface area contributed by atoms with Crippen molar-refractivity contribution in [3.63, 3.8) is 0 Å². The molecule has 0 atom stereocenters. The molecule has 1 amide bonds. The largest absolute Gasteiger partial charge is 0.333 e. The number of nitrogens with one attached hydrogen (secondary N) is 1. The van der Waals surface area contributed by atoms with Crippen LogP contribution in [0.2, 0.25) is 5.02 Å². The first kappa shape index (κ1) is 18.1. The number of benzene rings is 1. The summed E-state index contributed by atoms with van der Waals surface area (Å²) in [6.07, 6.45) is 5.65. The minimum Gasteiger partial charge on any atom is -0.333 e. The summed E-state index contributed by atoms with van der Waals surface area (Å²) in [7, 11) is 0. The number of carbonyl (C=O) groups excluding carboxylic acids is 1. The summed E-state index contributed by atoms with van der Waals surface area (Å²) in [5.41, 5.74) is 4.27. The molecule has 1 aliphatic carbocycles. The van der Waals surface area contributed by atoms with Crippen molar-refractivity contribution in [3.8, 4) is 0 Å². The van der Waals surface area contributed by atoms with E-state index in [9.17, 15) is 9.59 Å². The Morgan fingerprint density at radius 3 is 2.90 bits per heavy atom. The Kier molecular flexibility index (Phi) is 4.28. The SMILES string of the molecule is Cc1nc(=O)c2cc(Cl)ccc2n1C1=CCN(C(=O)c2n[nH]c3c2CCC3)CC1. The first-order valence-electron chi connectivity index (χ1n) is 9.76. The molecule has 1 aromatic carbocycles. The average Bonchev–Trinajstić information content (AvgIpc) is 3.32. The first-order chi connectivity index (χ1) is 14.0. The molecule has 3 aromatic rings. The van der Waals surface area contributed by atoms with Crippen molar-refractivity contribution < 1.29 is 4.79 Å². The van der Waals surface area contributed by atoms with Crippen molar-refractivity contribution in [2.45, 2.75) is 32.6 Å². The Labute approximate surface area is 172 Å². The summed E-state index contributed by atoms with van der Waals surface area (Å²) < 4.78 is 1.99. The fourth-order valence-corrected chi connectivity index (χ4v) is 4.53. The molecule has 2 aliphatic rings. The number of nitrogens with zero attached hydrogens (tertiary/aromatic N) is 4. The summed E-state index contributed by atoms with van der Waals surface area (Å²) in [6.45, 7) is 2.91. The molecular weight excluding hydrogens is 390 g/mol. The van der Waals surface area contributed by atoms with E-state index in [2.05, 4.69) is 15.2 Å². The van der Waals surface area contributed by atoms with E-state index in [1.54, 1.807) is 12.1 Å². The topological polar surface area (TPSA) is 83.9 Å². The van der Waals surface area contributed by atoms with Crippen LogP contribution in [0.5, 0.6) is 0 Å². The van der Waals surface area contributed by atoms with Crippen LogP contribution in [0.3, 0.4) is 0 Å². The maximum atomic E-state index is 13.0. The number of aryl methyl sites for hydroxylation is 2. The van der Waals surface area contributed by atoms with Gasteiger partial charge < -0.3 is 9.47 Å². The molecule has 0 bridgehead atoms. The molecule has 1 aliphatic heterocycles. The number of hydrogen-bond donors (Lipinski definition) is 1. The summed E-state index contributed by atoms with van der Waals surface area (Å²) >= 11 is 6.07. The molecule has 2 aromatic heterocycles. The fraction of sp³-hybridized carbons (Fsp3) is 0.333. The standard InChI is InChI=1S/C21H20ClN5O2/c1-12-23-20(28)16-11-13(22)5-6-18(16)27(12)14-7-9-26(10-8-14)21(29)19-15-3-2-4-17(15)24-25-19/h5-7,11H,2-4,8-10H2,1H3,(H,24,25). The number of aromatic nitrogens is 4. The molecule has 5 rings (SSSR count). The number of rotatable bonds is 2. The third kappa shape index (κ3) is 2.97. The van der Waals surface area contributed by atoms with E-state index >= 15 is 0 Å². The molecule has 0 unspecified atom stereocenters. The lowest BCUT2D eigenvalue weighted by atomic mass is 10.1. The maximum Gasteiger partial charge on any atom is 0.280 e. The van der Waals surface area contributed by atoms with Gasteiger partial charge in [0.25, 0.3) is 11.5 Å². The molecule has 0 saturated heterocycles. The monoisotopic (exact) mass is 409 g/mol. The quantitative estimate of drug-likeness (QED) is 0.705. The molecule has 8 heteroatoms. The Morgan fingerprint density at radius 2 is 2.10 bits per heavy atom. The van der Waals surface area contributed by atoms with E-state index in [-0.39, 0.29) is 11.5 Å². The summed E-state index contributed by atoms with van der Waals surface area (Å²) in [4.78, 5) is 31.2. The van der Waals surface area contributed by atoms with Crippen molar-refractivity contribution in [2.75, 3.05) is 13.1 Å². The third-order valence-corrected chi connectivity index (χ3v) is 6.02. The lowest BCUT2D eigenvalue weighted by Crippen LogP contribution is -2.36. The van der Waals surface area contributed by atoms with Gasteiger partial charge in [0.15, 0.2) is 5.69 Å². The minimum atomic E-state index is -0.281. The Bertz CT molecular complexity index is 1240. The molecule has 3 heterocycles. The molecule has 0 radical (unpaired) electrons. The van der Waals surface area contributed by atoms with Gasteiger partial charge in [-0.1, -0.05) is 11.6 Å². The van der Waals surface area contributed by atoms with E-state index in [1.165, 1.54) is 0 Å². The highest BCUT2D eigenvalue weighted by molar-refractivity contribution is 6.31. The van der Waals surface area contributed by atoms with Gasteiger partial charge in [0.1, 0.15) is 5.82 Å². The smallest absolute Gasteiger partial charge is 0.280 e. The Morgan fingerprint density at radius 1 is 1.24 bits per heavy atom. The van der Waals surface area contributed by atoms with Gasteiger partial charge in [-0.25, -0.2) is 0 Å². The number of aromatic amines is 1. The number of carbonyl (C=O) groups is 1. The normalized spacial score (nSPS) is 16.2.